The van der Waals surface area contributed by atoms with Gasteiger partial charge < -0.3 is 10.6 Å². The summed E-state index contributed by atoms with van der Waals surface area (Å²) in [4.78, 5) is 23.3. The second kappa shape index (κ2) is 8.54. The number of H-pyrrole nitrogens is 1. The van der Waals surface area contributed by atoms with E-state index in [0.29, 0.717) is 12.1 Å². The number of rotatable bonds is 3. The molecule has 2 aromatic carbocycles. The molecule has 0 aliphatic rings. The van der Waals surface area contributed by atoms with E-state index in [4.69, 9.17) is 11.6 Å². The summed E-state index contributed by atoms with van der Waals surface area (Å²) >= 11 is 5.51. The molecule has 0 radical (unpaired) electrons. The summed E-state index contributed by atoms with van der Waals surface area (Å²) in [5, 5.41) is 9.38. The number of urea groups is 1. The Balaban J connectivity index is 1.89. The normalized spacial score (nSPS) is 11.8. The average Bonchev–Trinajstić information content (AvgIpc) is 2.68. The molecule has 3 rings (SSSR count). The van der Waals surface area contributed by atoms with Crippen LogP contribution in [0.1, 0.15) is 11.1 Å². The Labute approximate surface area is 180 Å². The van der Waals surface area contributed by atoms with Crippen molar-refractivity contribution in [1.29, 1.82) is 0 Å². The summed E-state index contributed by atoms with van der Waals surface area (Å²) in [7, 11) is 0. The van der Waals surface area contributed by atoms with E-state index in [-0.39, 0.29) is 22.6 Å². The lowest BCUT2D eigenvalue weighted by Gasteiger charge is -2.14. The first kappa shape index (κ1) is 23.1. The van der Waals surface area contributed by atoms with Gasteiger partial charge in [0.05, 0.1) is 21.8 Å². The first-order chi connectivity index (χ1) is 14.8. The predicted octanol–water partition coefficient (Wildman–Crippen LogP) is 5.77. The smallest absolute Gasteiger partial charge is 0.308 e. The number of amides is 2. The number of aromatic nitrogens is 2. The van der Waals surface area contributed by atoms with Crippen LogP contribution in [0.25, 0.3) is 11.3 Å². The first-order valence-corrected chi connectivity index (χ1v) is 8.94. The molecule has 0 saturated carbocycles. The quantitative estimate of drug-likeness (QED) is 0.419. The van der Waals surface area contributed by atoms with Crippen LogP contribution in [0.15, 0.2) is 53.3 Å². The van der Waals surface area contributed by atoms with Crippen molar-refractivity contribution in [1.82, 2.24) is 10.2 Å². The number of carbonyl (C=O) groups excluding carboxylic acids is 1. The number of aromatic amines is 1. The summed E-state index contributed by atoms with van der Waals surface area (Å²) < 4.78 is 78.7. The number of carbonyl (C=O) groups is 1. The SMILES string of the molecule is O=C(Nc1cc(-c2ccc(=O)[nH]n2)cc(C(F)(F)F)c1)Nc1ccc(Cl)c(C(F)(F)F)c1. The maximum Gasteiger partial charge on any atom is 0.417 e. The van der Waals surface area contributed by atoms with E-state index in [0.717, 1.165) is 30.3 Å². The van der Waals surface area contributed by atoms with Crippen molar-refractivity contribution in [2.75, 3.05) is 10.6 Å². The third kappa shape index (κ3) is 5.58. The van der Waals surface area contributed by atoms with Gasteiger partial charge in [0, 0.05) is 23.0 Å². The molecule has 0 saturated heterocycles. The number of nitrogens with zero attached hydrogens (tertiary/aromatic N) is 1. The van der Waals surface area contributed by atoms with E-state index in [1.165, 1.54) is 6.07 Å². The van der Waals surface area contributed by atoms with Crippen LogP contribution in [0.4, 0.5) is 42.5 Å². The van der Waals surface area contributed by atoms with Gasteiger partial charge in [-0.05, 0) is 42.5 Å². The Morgan fingerprint density at radius 2 is 1.56 bits per heavy atom. The van der Waals surface area contributed by atoms with Crippen molar-refractivity contribution in [3.8, 4) is 11.3 Å². The third-order valence-corrected chi connectivity index (χ3v) is 4.35. The van der Waals surface area contributed by atoms with Gasteiger partial charge in [-0.3, -0.25) is 4.79 Å². The Hall–Kier alpha value is -3.54. The van der Waals surface area contributed by atoms with Crippen molar-refractivity contribution >= 4 is 29.0 Å². The number of hydrogen-bond donors (Lipinski definition) is 3. The predicted molar refractivity (Wildman–Crippen MR) is 104 cm³/mol. The van der Waals surface area contributed by atoms with Crippen molar-refractivity contribution in [3.05, 3.63) is 75.0 Å². The highest BCUT2D eigenvalue weighted by Gasteiger charge is 2.34. The van der Waals surface area contributed by atoms with Crippen LogP contribution in [0.3, 0.4) is 0 Å². The summed E-state index contributed by atoms with van der Waals surface area (Å²) in [6.45, 7) is 0. The number of halogens is 7. The molecule has 13 heteroatoms. The van der Waals surface area contributed by atoms with Gasteiger partial charge in [-0.25, -0.2) is 9.89 Å². The van der Waals surface area contributed by atoms with Crippen LogP contribution in [0.5, 0.6) is 0 Å². The summed E-state index contributed by atoms with van der Waals surface area (Å²) in [6, 6.07) is 6.30. The summed E-state index contributed by atoms with van der Waals surface area (Å²) in [5.74, 6) is 0. The number of nitrogens with one attached hydrogen (secondary N) is 3. The number of alkyl halides is 6. The highest BCUT2D eigenvalue weighted by molar-refractivity contribution is 6.31. The number of anilines is 2. The Bertz CT molecular complexity index is 1200. The van der Waals surface area contributed by atoms with E-state index in [2.05, 4.69) is 20.8 Å². The summed E-state index contributed by atoms with van der Waals surface area (Å²) in [5.41, 5.74) is -3.56. The zero-order valence-electron chi connectivity index (χ0n) is 15.5. The van der Waals surface area contributed by atoms with Gasteiger partial charge in [-0.1, -0.05) is 11.6 Å². The second-order valence-corrected chi connectivity index (χ2v) is 6.78. The molecular formula is C19H11ClF6N4O2. The molecular weight excluding hydrogens is 466 g/mol. The molecule has 3 N–H and O–H groups in total. The molecule has 1 aromatic heterocycles. The van der Waals surface area contributed by atoms with E-state index in [1.807, 2.05) is 0 Å². The van der Waals surface area contributed by atoms with Crippen molar-refractivity contribution in [2.45, 2.75) is 12.4 Å². The molecule has 0 aliphatic carbocycles. The van der Waals surface area contributed by atoms with Crippen LogP contribution in [-0.2, 0) is 12.4 Å². The minimum atomic E-state index is -4.77. The fourth-order valence-corrected chi connectivity index (χ4v) is 2.85. The van der Waals surface area contributed by atoms with E-state index < -0.39 is 40.1 Å². The Kier molecular flexibility index (Phi) is 6.17. The van der Waals surface area contributed by atoms with Gasteiger partial charge in [0.15, 0.2) is 0 Å². The molecule has 0 unspecified atom stereocenters. The molecule has 0 atom stereocenters. The standard InChI is InChI=1S/C19H11ClF6N4O2/c20-14-2-1-11(8-13(14)19(24,25)26)27-17(32)28-12-6-9(5-10(7-12)18(21,22)23)15-3-4-16(31)30-29-15/h1-8H,(H,30,31)(H2,27,28,32). The molecule has 1 heterocycles. The minimum Gasteiger partial charge on any atom is -0.308 e. The zero-order chi connectivity index (χ0) is 23.7. The minimum absolute atomic E-state index is 0.00771. The fraction of sp³-hybridized carbons (Fsp3) is 0.105. The first-order valence-electron chi connectivity index (χ1n) is 8.56. The maximum absolute atomic E-state index is 13.3. The zero-order valence-corrected chi connectivity index (χ0v) is 16.3. The third-order valence-electron chi connectivity index (χ3n) is 4.02. The van der Waals surface area contributed by atoms with Crippen molar-refractivity contribution < 1.29 is 31.1 Å². The molecule has 0 aliphatic heterocycles. The van der Waals surface area contributed by atoms with Gasteiger partial charge in [0.25, 0.3) is 5.56 Å². The highest BCUT2D eigenvalue weighted by Crippen LogP contribution is 2.37. The van der Waals surface area contributed by atoms with Gasteiger partial charge in [0.1, 0.15) is 0 Å². The van der Waals surface area contributed by atoms with E-state index in [1.54, 1.807) is 0 Å². The lowest BCUT2D eigenvalue weighted by molar-refractivity contribution is -0.138. The number of hydrogen-bond acceptors (Lipinski definition) is 3. The van der Waals surface area contributed by atoms with Crippen LogP contribution < -0.4 is 16.2 Å². The molecule has 2 amide bonds. The van der Waals surface area contributed by atoms with Crippen molar-refractivity contribution in [3.63, 3.8) is 0 Å². The largest absolute Gasteiger partial charge is 0.417 e. The molecule has 3 aromatic rings. The molecule has 0 bridgehead atoms. The van der Waals surface area contributed by atoms with Gasteiger partial charge in [0.2, 0.25) is 0 Å². The van der Waals surface area contributed by atoms with Gasteiger partial charge in [-0.15, -0.1) is 0 Å². The second-order valence-electron chi connectivity index (χ2n) is 6.37. The average molecular weight is 477 g/mol. The van der Waals surface area contributed by atoms with Gasteiger partial charge in [-0.2, -0.15) is 31.4 Å². The number of benzene rings is 2. The molecule has 0 fully saturated rings. The van der Waals surface area contributed by atoms with Crippen molar-refractivity contribution in [2.24, 2.45) is 0 Å². The molecule has 32 heavy (non-hydrogen) atoms. The molecule has 0 spiro atoms. The van der Waals surface area contributed by atoms with Crippen LogP contribution in [0.2, 0.25) is 5.02 Å². The highest BCUT2D eigenvalue weighted by atomic mass is 35.5. The fourth-order valence-electron chi connectivity index (χ4n) is 2.63. The van der Waals surface area contributed by atoms with E-state index >= 15 is 0 Å². The monoisotopic (exact) mass is 476 g/mol. The van der Waals surface area contributed by atoms with Crippen LogP contribution >= 0.6 is 11.6 Å². The Morgan fingerprint density at radius 1 is 0.875 bits per heavy atom. The topological polar surface area (TPSA) is 86.9 Å². The lowest BCUT2D eigenvalue weighted by atomic mass is 10.1. The Morgan fingerprint density at radius 3 is 2.16 bits per heavy atom. The van der Waals surface area contributed by atoms with Crippen LogP contribution in [0, 0.1) is 0 Å². The van der Waals surface area contributed by atoms with E-state index in [9.17, 15) is 35.9 Å². The molecule has 6 nitrogen and oxygen atoms in total. The molecule has 168 valence electrons. The van der Waals surface area contributed by atoms with Gasteiger partial charge >= 0.3 is 18.4 Å². The van der Waals surface area contributed by atoms with Crippen LogP contribution in [-0.4, -0.2) is 16.2 Å². The summed E-state index contributed by atoms with van der Waals surface area (Å²) in [6.07, 6.45) is -9.55. The maximum atomic E-state index is 13.3. The lowest BCUT2D eigenvalue weighted by Crippen LogP contribution is -2.20.